The van der Waals surface area contributed by atoms with Gasteiger partial charge in [0.05, 0.1) is 22.2 Å². The normalized spacial score (nSPS) is 10.4. The molecule has 3 rings (SSSR count). The van der Waals surface area contributed by atoms with E-state index < -0.39 is 0 Å². The van der Waals surface area contributed by atoms with Gasteiger partial charge >= 0.3 is 0 Å². The van der Waals surface area contributed by atoms with Gasteiger partial charge < -0.3 is 10.6 Å². The molecule has 1 amide bonds. The smallest absolute Gasteiger partial charge is 0.230 e. The Morgan fingerprint density at radius 1 is 1.17 bits per heavy atom. The van der Waals surface area contributed by atoms with Crippen molar-refractivity contribution in [1.82, 2.24) is 9.97 Å². The monoisotopic (exact) mass is 378 g/mol. The van der Waals surface area contributed by atoms with E-state index in [1.807, 2.05) is 23.6 Å². The van der Waals surface area contributed by atoms with Gasteiger partial charge in [0.15, 0.2) is 5.13 Å². The summed E-state index contributed by atoms with van der Waals surface area (Å²) >= 11 is 13.2. The summed E-state index contributed by atoms with van der Waals surface area (Å²) in [6, 6.07) is 10.5. The first kappa shape index (κ1) is 16.7. The summed E-state index contributed by atoms with van der Waals surface area (Å²) in [4.78, 5) is 20.6. The third-order valence-corrected chi connectivity index (χ3v) is 4.54. The molecule has 0 aliphatic rings. The summed E-state index contributed by atoms with van der Waals surface area (Å²) in [5.74, 6) is 0.529. The van der Waals surface area contributed by atoms with E-state index in [2.05, 4.69) is 20.6 Å². The molecule has 0 bridgehead atoms. The number of benzene rings is 1. The predicted molar refractivity (Wildman–Crippen MR) is 98.4 cm³/mol. The summed E-state index contributed by atoms with van der Waals surface area (Å²) in [7, 11) is 0. The zero-order chi connectivity index (χ0) is 16.9. The Balaban J connectivity index is 1.59. The molecule has 5 nitrogen and oxygen atoms in total. The standard InChI is InChI=1S/C16H12Cl2N4OS/c17-12-5-4-10(7-13(12)18)20-15(23)8-11-9-24-16(21-11)22-14-3-1-2-6-19-14/h1-7,9H,8H2,(H,20,23)(H,19,21,22). The molecule has 0 radical (unpaired) electrons. The van der Waals surface area contributed by atoms with Gasteiger partial charge in [0.25, 0.3) is 0 Å². The molecule has 0 aliphatic carbocycles. The van der Waals surface area contributed by atoms with Gasteiger partial charge in [-0.1, -0.05) is 29.3 Å². The van der Waals surface area contributed by atoms with Crippen LogP contribution in [-0.4, -0.2) is 15.9 Å². The van der Waals surface area contributed by atoms with Gasteiger partial charge in [-0.25, -0.2) is 9.97 Å². The number of aromatic nitrogens is 2. The predicted octanol–water partition coefficient (Wildman–Crippen LogP) is 4.77. The number of nitrogens with zero attached hydrogens (tertiary/aromatic N) is 2. The van der Waals surface area contributed by atoms with E-state index in [0.29, 0.717) is 32.4 Å². The molecule has 0 fully saturated rings. The molecule has 2 aromatic heterocycles. The van der Waals surface area contributed by atoms with E-state index in [1.54, 1.807) is 24.4 Å². The number of halogens is 2. The number of hydrogen-bond acceptors (Lipinski definition) is 5. The Morgan fingerprint density at radius 2 is 2.04 bits per heavy atom. The van der Waals surface area contributed by atoms with E-state index in [0.717, 1.165) is 0 Å². The second kappa shape index (κ2) is 7.61. The number of carbonyl (C=O) groups is 1. The van der Waals surface area contributed by atoms with Crippen LogP contribution < -0.4 is 10.6 Å². The number of anilines is 3. The fraction of sp³-hybridized carbons (Fsp3) is 0.0625. The Bertz CT molecular complexity index is 854. The lowest BCUT2D eigenvalue weighted by Crippen LogP contribution is -2.14. The molecule has 2 heterocycles. The molecule has 24 heavy (non-hydrogen) atoms. The second-order valence-electron chi connectivity index (χ2n) is 4.84. The van der Waals surface area contributed by atoms with Gasteiger partial charge in [0.1, 0.15) is 5.82 Å². The van der Waals surface area contributed by atoms with Crippen molar-refractivity contribution >= 4 is 57.1 Å². The van der Waals surface area contributed by atoms with Gasteiger partial charge in [0, 0.05) is 17.3 Å². The molecular formula is C16H12Cl2N4OS. The lowest BCUT2D eigenvalue weighted by Gasteiger charge is -2.05. The summed E-state index contributed by atoms with van der Waals surface area (Å²) in [5.41, 5.74) is 1.27. The number of rotatable bonds is 5. The molecule has 1 aromatic carbocycles. The maximum atomic E-state index is 12.1. The maximum absolute atomic E-state index is 12.1. The lowest BCUT2D eigenvalue weighted by atomic mass is 10.3. The Labute approximate surface area is 152 Å². The molecule has 2 N–H and O–H groups in total. The molecule has 0 spiro atoms. The van der Waals surface area contributed by atoms with Crippen molar-refractivity contribution in [3.05, 3.63) is 63.7 Å². The van der Waals surface area contributed by atoms with Crippen molar-refractivity contribution < 1.29 is 4.79 Å². The van der Waals surface area contributed by atoms with Crippen molar-refractivity contribution in [2.75, 3.05) is 10.6 Å². The number of hydrogen-bond donors (Lipinski definition) is 2. The molecule has 8 heteroatoms. The highest BCUT2D eigenvalue weighted by atomic mass is 35.5. The van der Waals surface area contributed by atoms with Gasteiger partial charge in [-0.15, -0.1) is 11.3 Å². The zero-order valence-electron chi connectivity index (χ0n) is 12.3. The molecule has 0 aliphatic heterocycles. The molecule has 3 aromatic rings. The van der Waals surface area contributed by atoms with Gasteiger partial charge in [-0.2, -0.15) is 0 Å². The number of pyridine rings is 1. The first-order valence-corrected chi connectivity index (χ1v) is 8.61. The molecule has 0 atom stereocenters. The van der Waals surface area contributed by atoms with Gasteiger partial charge in [0.2, 0.25) is 5.91 Å². The SMILES string of the molecule is O=C(Cc1csc(Nc2ccccn2)n1)Nc1ccc(Cl)c(Cl)c1. The zero-order valence-corrected chi connectivity index (χ0v) is 14.6. The van der Waals surface area contributed by atoms with Crippen molar-refractivity contribution in [3.63, 3.8) is 0 Å². The first-order chi connectivity index (χ1) is 11.6. The summed E-state index contributed by atoms with van der Waals surface area (Å²) in [6.45, 7) is 0. The van der Waals surface area contributed by atoms with Crippen molar-refractivity contribution in [1.29, 1.82) is 0 Å². The summed E-state index contributed by atoms with van der Waals surface area (Å²) in [6.07, 6.45) is 1.86. The van der Waals surface area contributed by atoms with E-state index >= 15 is 0 Å². The third-order valence-electron chi connectivity index (χ3n) is 3.00. The fourth-order valence-electron chi connectivity index (χ4n) is 1.94. The lowest BCUT2D eigenvalue weighted by molar-refractivity contribution is -0.115. The third kappa shape index (κ3) is 4.44. The van der Waals surface area contributed by atoms with E-state index in [1.165, 1.54) is 11.3 Å². The van der Waals surface area contributed by atoms with Gasteiger partial charge in [-0.05, 0) is 30.3 Å². The molecule has 0 unspecified atom stereocenters. The van der Waals surface area contributed by atoms with Crippen LogP contribution >= 0.6 is 34.5 Å². The first-order valence-electron chi connectivity index (χ1n) is 6.97. The van der Waals surface area contributed by atoms with Crippen molar-refractivity contribution in [3.8, 4) is 0 Å². The summed E-state index contributed by atoms with van der Waals surface area (Å²) < 4.78 is 0. The molecule has 0 saturated carbocycles. The van der Waals surface area contributed by atoms with Crippen LogP contribution in [0.15, 0.2) is 48.0 Å². The van der Waals surface area contributed by atoms with Crippen LogP contribution in [0.2, 0.25) is 10.0 Å². The highest BCUT2D eigenvalue weighted by molar-refractivity contribution is 7.13. The Kier molecular flexibility index (Phi) is 5.30. The van der Waals surface area contributed by atoms with Crippen molar-refractivity contribution in [2.24, 2.45) is 0 Å². The van der Waals surface area contributed by atoms with E-state index in [9.17, 15) is 4.79 Å². The molecule has 0 saturated heterocycles. The van der Waals surface area contributed by atoms with Crippen LogP contribution in [0.1, 0.15) is 5.69 Å². The minimum atomic E-state index is -0.178. The largest absolute Gasteiger partial charge is 0.326 e. The Hall–Kier alpha value is -2.15. The number of carbonyl (C=O) groups excluding carboxylic acids is 1. The van der Waals surface area contributed by atoms with Crippen molar-refractivity contribution in [2.45, 2.75) is 6.42 Å². The number of nitrogens with one attached hydrogen (secondary N) is 2. The highest BCUT2D eigenvalue weighted by Gasteiger charge is 2.09. The molecular weight excluding hydrogens is 367 g/mol. The van der Waals surface area contributed by atoms with Crippen LogP contribution in [-0.2, 0) is 11.2 Å². The molecule has 122 valence electrons. The van der Waals surface area contributed by atoms with Crippen LogP contribution in [0.25, 0.3) is 0 Å². The van der Waals surface area contributed by atoms with Crippen LogP contribution in [0.4, 0.5) is 16.6 Å². The topological polar surface area (TPSA) is 66.9 Å². The van der Waals surface area contributed by atoms with Crippen LogP contribution in [0, 0.1) is 0 Å². The second-order valence-corrected chi connectivity index (χ2v) is 6.51. The summed E-state index contributed by atoms with van der Waals surface area (Å²) in [5, 5.41) is 9.22. The highest BCUT2D eigenvalue weighted by Crippen LogP contribution is 2.25. The van der Waals surface area contributed by atoms with Crippen LogP contribution in [0.5, 0.6) is 0 Å². The Morgan fingerprint density at radius 3 is 2.79 bits per heavy atom. The van der Waals surface area contributed by atoms with E-state index in [4.69, 9.17) is 23.2 Å². The maximum Gasteiger partial charge on any atom is 0.230 e. The minimum Gasteiger partial charge on any atom is -0.326 e. The van der Waals surface area contributed by atoms with Crippen LogP contribution in [0.3, 0.4) is 0 Å². The average Bonchev–Trinajstić information content (AvgIpc) is 2.99. The van der Waals surface area contributed by atoms with Gasteiger partial charge in [-0.3, -0.25) is 4.79 Å². The quantitative estimate of drug-likeness (QED) is 0.670. The average molecular weight is 379 g/mol. The number of amides is 1. The van der Waals surface area contributed by atoms with E-state index in [-0.39, 0.29) is 12.3 Å². The number of thiazole rings is 1. The fourth-order valence-corrected chi connectivity index (χ4v) is 2.95. The minimum absolute atomic E-state index is 0.167.